The summed E-state index contributed by atoms with van der Waals surface area (Å²) in [6.07, 6.45) is -3.06. The highest BCUT2D eigenvalue weighted by Crippen LogP contribution is 2.37. The van der Waals surface area contributed by atoms with E-state index in [4.69, 9.17) is 0 Å². The minimum atomic E-state index is -4.56. The van der Waals surface area contributed by atoms with Crippen molar-refractivity contribution in [2.24, 2.45) is 4.99 Å². The Balaban J connectivity index is 2.05. The Hall–Kier alpha value is -2.74. The van der Waals surface area contributed by atoms with E-state index in [9.17, 15) is 23.1 Å². The van der Waals surface area contributed by atoms with Crippen molar-refractivity contribution in [1.29, 1.82) is 0 Å². The number of amides is 1. The molecule has 0 aromatic heterocycles. The number of nitrogens with one attached hydrogen (secondary N) is 1. The molecule has 0 saturated carbocycles. The fourth-order valence-corrected chi connectivity index (χ4v) is 2.92. The van der Waals surface area contributed by atoms with Gasteiger partial charge in [0.1, 0.15) is 11.6 Å². The number of para-hydroxylation sites is 2. The van der Waals surface area contributed by atoms with Crippen LogP contribution in [0.15, 0.2) is 58.4 Å². The largest absolute Gasteiger partial charge is 0.507 e. The number of alkyl halides is 3. The predicted octanol–water partition coefficient (Wildman–Crippen LogP) is 4.94. The lowest BCUT2D eigenvalue weighted by atomic mass is 10.1. The second-order valence-electron chi connectivity index (χ2n) is 5.06. The number of thioether (sulfide) groups is 1. The Morgan fingerprint density at radius 1 is 1.08 bits per heavy atom. The van der Waals surface area contributed by atoms with Crippen molar-refractivity contribution in [2.75, 3.05) is 0 Å². The van der Waals surface area contributed by atoms with Crippen LogP contribution in [0.1, 0.15) is 11.1 Å². The molecule has 1 aliphatic heterocycles. The highest BCUT2D eigenvalue weighted by molar-refractivity contribution is 8.18. The van der Waals surface area contributed by atoms with Crippen LogP contribution >= 0.6 is 11.8 Å². The average molecular weight is 364 g/mol. The molecule has 0 unspecified atom stereocenters. The summed E-state index contributed by atoms with van der Waals surface area (Å²) in [4.78, 5) is 16.0. The summed E-state index contributed by atoms with van der Waals surface area (Å²) in [5, 5.41) is 11.8. The molecule has 0 spiro atoms. The Morgan fingerprint density at radius 2 is 1.76 bits per heavy atom. The Kier molecular flexibility index (Phi) is 4.54. The van der Waals surface area contributed by atoms with E-state index in [0.29, 0.717) is 10.5 Å². The standard InChI is InChI=1S/C17H11F3N2O2S/c18-17(19,20)11-6-2-3-7-12(11)21-15-14(25-16(24)22-15)9-10-5-1-4-8-13(10)23/h1-9,23H,(H,21,22,24)/b14-9-. The van der Waals surface area contributed by atoms with Crippen molar-refractivity contribution in [3.63, 3.8) is 0 Å². The highest BCUT2D eigenvalue weighted by Gasteiger charge is 2.34. The number of rotatable bonds is 2. The number of benzene rings is 2. The van der Waals surface area contributed by atoms with Crippen LogP contribution in [0.5, 0.6) is 5.75 Å². The number of hydrogen-bond acceptors (Lipinski definition) is 4. The van der Waals surface area contributed by atoms with Crippen LogP contribution in [0, 0.1) is 0 Å². The topological polar surface area (TPSA) is 61.7 Å². The molecule has 1 amide bonds. The first-order valence-electron chi connectivity index (χ1n) is 7.08. The van der Waals surface area contributed by atoms with Crippen molar-refractivity contribution >= 4 is 34.6 Å². The van der Waals surface area contributed by atoms with Gasteiger partial charge in [-0.2, -0.15) is 13.2 Å². The molecule has 1 fully saturated rings. The zero-order valence-corrected chi connectivity index (χ0v) is 13.4. The number of nitrogens with zero attached hydrogens (tertiary/aromatic N) is 1. The van der Waals surface area contributed by atoms with Gasteiger partial charge in [-0.3, -0.25) is 4.79 Å². The normalized spacial score (nSPS) is 18.0. The molecule has 4 nitrogen and oxygen atoms in total. The SMILES string of the molecule is O=C1NC(=Nc2ccccc2C(F)(F)F)/C(=C/c2ccccc2O)S1. The maximum absolute atomic E-state index is 13.1. The van der Waals surface area contributed by atoms with E-state index in [1.807, 2.05) is 0 Å². The molecule has 1 heterocycles. The number of amidine groups is 1. The van der Waals surface area contributed by atoms with E-state index in [1.165, 1.54) is 30.3 Å². The van der Waals surface area contributed by atoms with Gasteiger partial charge in [0.05, 0.1) is 16.2 Å². The number of halogens is 3. The van der Waals surface area contributed by atoms with E-state index in [-0.39, 0.29) is 17.3 Å². The Bertz CT molecular complexity index is 891. The second-order valence-corrected chi connectivity index (χ2v) is 6.07. The van der Waals surface area contributed by atoms with Crippen LogP contribution < -0.4 is 5.32 Å². The van der Waals surface area contributed by atoms with E-state index >= 15 is 0 Å². The van der Waals surface area contributed by atoms with Gasteiger partial charge < -0.3 is 10.4 Å². The lowest BCUT2D eigenvalue weighted by Gasteiger charge is -2.10. The van der Waals surface area contributed by atoms with Gasteiger partial charge in [-0.1, -0.05) is 30.3 Å². The number of aromatic hydroxyl groups is 1. The maximum Gasteiger partial charge on any atom is 0.418 e. The first-order chi connectivity index (χ1) is 11.8. The summed E-state index contributed by atoms with van der Waals surface area (Å²) in [6, 6.07) is 11.3. The number of carbonyl (C=O) groups is 1. The molecule has 2 aromatic rings. The summed E-state index contributed by atoms with van der Waals surface area (Å²) in [5.41, 5.74) is -0.759. The van der Waals surface area contributed by atoms with Crippen molar-refractivity contribution in [3.8, 4) is 5.75 Å². The molecule has 8 heteroatoms. The Labute approximate surface area is 145 Å². The third-order valence-electron chi connectivity index (χ3n) is 3.32. The number of carbonyl (C=O) groups excluding carboxylic acids is 1. The van der Waals surface area contributed by atoms with Crippen LogP contribution in [-0.4, -0.2) is 16.2 Å². The molecule has 2 N–H and O–H groups in total. The molecule has 0 atom stereocenters. The molecule has 3 rings (SSSR count). The van der Waals surface area contributed by atoms with Gasteiger partial charge in [0.2, 0.25) is 0 Å². The van der Waals surface area contributed by atoms with E-state index < -0.39 is 17.0 Å². The third-order valence-corrected chi connectivity index (χ3v) is 4.14. The van der Waals surface area contributed by atoms with Crippen molar-refractivity contribution in [2.45, 2.75) is 6.18 Å². The van der Waals surface area contributed by atoms with E-state index in [1.54, 1.807) is 18.2 Å². The van der Waals surface area contributed by atoms with Gasteiger partial charge in [-0.05, 0) is 36.0 Å². The number of phenols is 1. The van der Waals surface area contributed by atoms with Gasteiger partial charge in [-0.25, -0.2) is 4.99 Å². The summed E-state index contributed by atoms with van der Waals surface area (Å²) in [5.74, 6) is -0.0000521. The van der Waals surface area contributed by atoms with Crippen LogP contribution in [0.2, 0.25) is 0 Å². The molecule has 0 bridgehead atoms. The van der Waals surface area contributed by atoms with Gasteiger partial charge in [0.15, 0.2) is 0 Å². The van der Waals surface area contributed by atoms with Gasteiger partial charge in [-0.15, -0.1) is 0 Å². The minimum Gasteiger partial charge on any atom is -0.507 e. The zero-order valence-electron chi connectivity index (χ0n) is 12.5. The fourth-order valence-electron chi connectivity index (χ4n) is 2.19. The average Bonchev–Trinajstić information content (AvgIpc) is 2.88. The fraction of sp³-hybridized carbons (Fsp3) is 0.0588. The second kappa shape index (κ2) is 6.64. The summed E-state index contributed by atoms with van der Waals surface area (Å²) in [7, 11) is 0. The molecule has 128 valence electrons. The first kappa shape index (κ1) is 17.1. The Morgan fingerprint density at radius 3 is 2.48 bits per heavy atom. The van der Waals surface area contributed by atoms with Crippen LogP contribution in [0.3, 0.4) is 0 Å². The van der Waals surface area contributed by atoms with Crippen molar-refractivity contribution in [1.82, 2.24) is 5.32 Å². The third kappa shape index (κ3) is 3.85. The summed E-state index contributed by atoms with van der Waals surface area (Å²) >= 11 is 0.798. The summed E-state index contributed by atoms with van der Waals surface area (Å²) < 4.78 is 39.3. The number of phenolic OH excluding ortho intramolecular Hbond substituents is 1. The molecule has 1 aliphatic rings. The van der Waals surface area contributed by atoms with Crippen LogP contribution in [-0.2, 0) is 6.18 Å². The number of hydrogen-bond donors (Lipinski definition) is 2. The molecular weight excluding hydrogens is 353 g/mol. The van der Waals surface area contributed by atoms with E-state index in [2.05, 4.69) is 10.3 Å². The van der Waals surface area contributed by atoms with Gasteiger partial charge in [0.25, 0.3) is 5.24 Å². The molecule has 25 heavy (non-hydrogen) atoms. The molecule has 2 aromatic carbocycles. The number of aliphatic imine (C=N–C) groups is 1. The van der Waals surface area contributed by atoms with Crippen molar-refractivity contribution < 1.29 is 23.1 Å². The van der Waals surface area contributed by atoms with Crippen molar-refractivity contribution in [3.05, 3.63) is 64.6 Å². The molecule has 1 saturated heterocycles. The molecule has 0 aliphatic carbocycles. The quantitative estimate of drug-likeness (QED) is 0.794. The molecule has 0 radical (unpaired) electrons. The van der Waals surface area contributed by atoms with Gasteiger partial charge in [0, 0.05) is 5.56 Å². The molecular formula is C17H11F3N2O2S. The minimum absolute atomic E-state index is 0.00922. The predicted molar refractivity (Wildman–Crippen MR) is 90.7 cm³/mol. The lowest BCUT2D eigenvalue weighted by Crippen LogP contribution is -2.19. The monoisotopic (exact) mass is 364 g/mol. The summed E-state index contributed by atoms with van der Waals surface area (Å²) in [6.45, 7) is 0. The lowest BCUT2D eigenvalue weighted by molar-refractivity contribution is -0.137. The van der Waals surface area contributed by atoms with E-state index in [0.717, 1.165) is 17.8 Å². The van der Waals surface area contributed by atoms with Gasteiger partial charge >= 0.3 is 6.18 Å². The smallest absolute Gasteiger partial charge is 0.418 e. The van der Waals surface area contributed by atoms with Crippen LogP contribution in [0.25, 0.3) is 6.08 Å². The zero-order chi connectivity index (χ0) is 18.0. The first-order valence-corrected chi connectivity index (χ1v) is 7.90. The van der Waals surface area contributed by atoms with Crippen LogP contribution in [0.4, 0.5) is 23.7 Å². The highest BCUT2D eigenvalue weighted by atomic mass is 32.2. The maximum atomic E-state index is 13.1.